The fourth-order valence-corrected chi connectivity index (χ4v) is 4.06. The van der Waals surface area contributed by atoms with Gasteiger partial charge in [0.05, 0.1) is 12.8 Å². The Balaban J connectivity index is 1.58. The highest BCUT2D eigenvalue weighted by atomic mass is 35.5. The molecule has 27 heavy (non-hydrogen) atoms. The maximum Gasteiger partial charge on any atom is 0.246 e. The number of carbonyl (C=O) groups excluding carboxylic acids is 1. The van der Waals surface area contributed by atoms with Gasteiger partial charge in [-0.2, -0.15) is 4.98 Å². The number of carbonyl (C=O) groups is 1. The Labute approximate surface area is 163 Å². The lowest BCUT2D eigenvalue weighted by molar-refractivity contribution is -0.136. The summed E-state index contributed by atoms with van der Waals surface area (Å²) in [6, 6.07) is 7.07. The Hall–Kier alpha value is -1.97. The second-order valence-corrected chi connectivity index (χ2v) is 9.07. The second kappa shape index (κ2) is 7.95. The fourth-order valence-electron chi connectivity index (χ4n) is 3.06. The Kier molecular flexibility index (Phi) is 5.83. The van der Waals surface area contributed by atoms with Crippen LogP contribution in [0.5, 0.6) is 0 Å². The van der Waals surface area contributed by atoms with E-state index in [1.807, 2.05) is 0 Å². The van der Waals surface area contributed by atoms with E-state index >= 15 is 0 Å². The molecule has 1 aromatic carbocycles. The number of rotatable bonds is 5. The lowest BCUT2D eigenvalue weighted by Crippen LogP contribution is -2.42. The molecule has 0 spiro atoms. The highest BCUT2D eigenvalue weighted by molar-refractivity contribution is 7.88. The molecule has 0 unspecified atom stereocenters. The summed E-state index contributed by atoms with van der Waals surface area (Å²) < 4.78 is 29.8. The van der Waals surface area contributed by atoms with E-state index in [0.717, 1.165) is 5.56 Å². The van der Waals surface area contributed by atoms with E-state index in [-0.39, 0.29) is 18.4 Å². The summed E-state index contributed by atoms with van der Waals surface area (Å²) in [7, 11) is -1.53. The fraction of sp³-hybridized carbons (Fsp3) is 0.471. The van der Waals surface area contributed by atoms with Crippen LogP contribution in [-0.4, -0.2) is 60.1 Å². The van der Waals surface area contributed by atoms with Gasteiger partial charge in [-0.15, -0.1) is 0 Å². The number of benzene rings is 1. The summed E-state index contributed by atoms with van der Waals surface area (Å²) in [6.45, 7) is 0.931. The van der Waals surface area contributed by atoms with Crippen LogP contribution in [0.15, 0.2) is 28.8 Å². The maximum absolute atomic E-state index is 12.6. The van der Waals surface area contributed by atoms with Gasteiger partial charge in [0.25, 0.3) is 0 Å². The van der Waals surface area contributed by atoms with Gasteiger partial charge in [0.15, 0.2) is 0 Å². The zero-order valence-electron chi connectivity index (χ0n) is 15.1. The van der Waals surface area contributed by atoms with Gasteiger partial charge in [-0.05, 0) is 37.1 Å². The Bertz CT molecular complexity index is 905. The van der Waals surface area contributed by atoms with E-state index in [9.17, 15) is 13.2 Å². The summed E-state index contributed by atoms with van der Waals surface area (Å²) in [5.41, 5.74) is 0.775. The second-order valence-electron chi connectivity index (χ2n) is 6.65. The first kappa shape index (κ1) is 19.8. The van der Waals surface area contributed by atoms with Crippen molar-refractivity contribution in [1.29, 1.82) is 0 Å². The normalized spacial score (nSPS) is 16.4. The molecule has 0 atom stereocenters. The molecule has 2 heterocycles. The third kappa shape index (κ3) is 4.85. The number of aromatic nitrogens is 2. The number of halogens is 1. The van der Waals surface area contributed by atoms with Crippen LogP contribution in [0, 0.1) is 5.92 Å². The van der Waals surface area contributed by atoms with Crippen molar-refractivity contribution in [3.63, 3.8) is 0 Å². The number of sulfonamides is 1. The lowest BCUT2D eigenvalue weighted by atomic mass is 9.97. The summed E-state index contributed by atoms with van der Waals surface area (Å²) in [6.07, 6.45) is 2.21. The highest BCUT2D eigenvalue weighted by Crippen LogP contribution is 2.22. The average Bonchev–Trinajstić information content (AvgIpc) is 3.09. The van der Waals surface area contributed by atoms with Crippen molar-refractivity contribution in [2.75, 3.05) is 26.4 Å². The lowest BCUT2D eigenvalue weighted by Gasteiger charge is -2.31. The van der Waals surface area contributed by atoms with Crippen LogP contribution in [-0.2, 0) is 21.4 Å². The standard InChI is InChI=1S/C17H21ClN4O4S/c1-21(17(23)13-7-9-22(10-8-13)27(2,24)25)11-15-19-16(20-26-15)12-3-5-14(18)6-4-12/h3-6,13H,7-11H2,1-2H3. The van der Waals surface area contributed by atoms with Crippen LogP contribution < -0.4 is 0 Å². The van der Waals surface area contributed by atoms with Crippen LogP contribution in [0.4, 0.5) is 0 Å². The summed E-state index contributed by atoms with van der Waals surface area (Å²) in [4.78, 5) is 18.5. The number of piperidine rings is 1. The Morgan fingerprint density at radius 1 is 1.30 bits per heavy atom. The minimum Gasteiger partial charge on any atom is -0.337 e. The Morgan fingerprint density at radius 3 is 2.52 bits per heavy atom. The summed E-state index contributed by atoms with van der Waals surface area (Å²) in [5, 5.41) is 4.56. The average molecular weight is 413 g/mol. The molecule has 1 aromatic heterocycles. The zero-order valence-corrected chi connectivity index (χ0v) is 16.7. The summed E-state index contributed by atoms with van der Waals surface area (Å²) in [5.74, 6) is 0.523. The third-order valence-corrected chi connectivity index (χ3v) is 6.15. The molecular weight excluding hydrogens is 392 g/mol. The van der Waals surface area contributed by atoms with E-state index < -0.39 is 10.0 Å². The molecule has 2 aromatic rings. The first-order valence-corrected chi connectivity index (χ1v) is 10.8. The SMILES string of the molecule is CN(Cc1nc(-c2ccc(Cl)cc2)no1)C(=O)C1CCN(S(C)(=O)=O)CC1. The van der Waals surface area contributed by atoms with Crippen LogP contribution in [0.1, 0.15) is 18.7 Å². The van der Waals surface area contributed by atoms with Gasteiger partial charge < -0.3 is 9.42 Å². The van der Waals surface area contributed by atoms with Crippen molar-refractivity contribution in [3.05, 3.63) is 35.2 Å². The molecule has 0 bridgehead atoms. The molecule has 1 amide bonds. The maximum atomic E-state index is 12.6. The molecule has 3 rings (SSSR count). The predicted molar refractivity (Wildman–Crippen MR) is 100 cm³/mol. The molecule has 0 N–H and O–H groups in total. The van der Waals surface area contributed by atoms with Crippen molar-refractivity contribution < 1.29 is 17.7 Å². The molecule has 0 radical (unpaired) electrons. The van der Waals surface area contributed by atoms with Crippen LogP contribution >= 0.6 is 11.6 Å². The van der Waals surface area contributed by atoms with Crippen molar-refractivity contribution >= 4 is 27.5 Å². The number of nitrogens with zero attached hydrogens (tertiary/aromatic N) is 4. The van der Waals surface area contributed by atoms with E-state index in [1.165, 1.54) is 10.6 Å². The van der Waals surface area contributed by atoms with Gasteiger partial charge in [-0.25, -0.2) is 12.7 Å². The van der Waals surface area contributed by atoms with Gasteiger partial charge in [-0.3, -0.25) is 4.79 Å². The van der Waals surface area contributed by atoms with Crippen molar-refractivity contribution in [2.24, 2.45) is 5.92 Å². The van der Waals surface area contributed by atoms with E-state index in [1.54, 1.807) is 36.2 Å². The van der Waals surface area contributed by atoms with Gasteiger partial charge in [0.2, 0.25) is 27.6 Å². The van der Waals surface area contributed by atoms with E-state index in [2.05, 4.69) is 10.1 Å². The molecule has 10 heteroatoms. The number of hydrogen-bond donors (Lipinski definition) is 0. The zero-order chi connectivity index (χ0) is 19.6. The first-order chi connectivity index (χ1) is 12.7. The molecule has 1 aliphatic heterocycles. The highest BCUT2D eigenvalue weighted by Gasteiger charge is 2.30. The number of hydrogen-bond acceptors (Lipinski definition) is 6. The molecule has 0 saturated carbocycles. The van der Waals surface area contributed by atoms with Gasteiger partial charge in [-0.1, -0.05) is 16.8 Å². The molecule has 146 valence electrons. The van der Waals surface area contributed by atoms with Gasteiger partial charge in [0.1, 0.15) is 0 Å². The van der Waals surface area contributed by atoms with Gasteiger partial charge in [0, 0.05) is 36.6 Å². The van der Waals surface area contributed by atoms with Crippen LogP contribution in [0.3, 0.4) is 0 Å². The van der Waals surface area contributed by atoms with Crippen LogP contribution in [0.2, 0.25) is 5.02 Å². The Morgan fingerprint density at radius 2 is 1.93 bits per heavy atom. The minimum absolute atomic E-state index is 0.0469. The van der Waals surface area contributed by atoms with E-state index in [4.69, 9.17) is 16.1 Å². The predicted octanol–water partition coefficient (Wildman–Crippen LogP) is 2.02. The smallest absolute Gasteiger partial charge is 0.246 e. The van der Waals surface area contributed by atoms with Crippen molar-refractivity contribution in [1.82, 2.24) is 19.3 Å². The quantitative estimate of drug-likeness (QED) is 0.745. The van der Waals surface area contributed by atoms with Crippen molar-refractivity contribution in [2.45, 2.75) is 19.4 Å². The molecule has 8 nitrogen and oxygen atoms in total. The van der Waals surface area contributed by atoms with Gasteiger partial charge >= 0.3 is 0 Å². The summed E-state index contributed by atoms with van der Waals surface area (Å²) >= 11 is 5.87. The molecule has 1 aliphatic rings. The molecule has 0 aliphatic carbocycles. The van der Waals surface area contributed by atoms with Crippen LogP contribution in [0.25, 0.3) is 11.4 Å². The first-order valence-electron chi connectivity index (χ1n) is 8.52. The monoisotopic (exact) mass is 412 g/mol. The van der Waals surface area contributed by atoms with E-state index in [0.29, 0.717) is 42.7 Å². The van der Waals surface area contributed by atoms with Crippen molar-refractivity contribution in [3.8, 4) is 11.4 Å². The molecule has 1 saturated heterocycles. The largest absolute Gasteiger partial charge is 0.337 e. The third-order valence-electron chi connectivity index (χ3n) is 4.59. The molecule has 1 fully saturated rings. The topological polar surface area (TPSA) is 96.6 Å². The minimum atomic E-state index is -3.20. The molecular formula is C17H21ClN4O4S. The number of amides is 1.